The number of thiazole rings is 1. The van der Waals surface area contributed by atoms with E-state index in [0.717, 1.165) is 0 Å². The summed E-state index contributed by atoms with van der Waals surface area (Å²) in [5, 5.41) is 4.98. The second-order valence-corrected chi connectivity index (χ2v) is 8.11. The molecule has 0 fully saturated rings. The van der Waals surface area contributed by atoms with Crippen molar-refractivity contribution >= 4 is 23.1 Å². The molecule has 0 radical (unpaired) electrons. The number of hydrogen-bond acceptors (Lipinski definition) is 4. The van der Waals surface area contributed by atoms with Gasteiger partial charge in [0, 0.05) is 28.1 Å². The first-order valence-electron chi connectivity index (χ1n) is 7.02. The number of aryl methyl sites for hydroxylation is 1. The van der Waals surface area contributed by atoms with Gasteiger partial charge in [-0.2, -0.15) is 11.8 Å². The van der Waals surface area contributed by atoms with Crippen molar-refractivity contribution in [1.82, 2.24) is 10.3 Å². The van der Waals surface area contributed by atoms with Crippen molar-refractivity contribution in [3.63, 3.8) is 0 Å². The van der Waals surface area contributed by atoms with E-state index in [0.29, 0.717) is 12.1 Å². The molecule has 1 rings (SSSR count). The molecule has 0 aromatic carbocycles. The Bertz CT molecular complexity index is 393. The van der Waals surface area contributed by atoms with Crippen LogP contribution in [0, 0.1) is 6.92 Å². The van der Waals surface area contributed by atoms with E-state index < -0.39 is 0 Å². The zero-order valence-corrected chi connectivity index (χ0v) is 15.0. The molecule has 0 amide bonds. The van der Waals surface area contributed by atoms with Gasteiger partial charge in [0.1, 0.15) is 0 Å². The number of rotatable bonds is 6. The minimum Gasteiger partial charge on any atom is -0.306 e. The Labute approximate surface area is 126 Å². The lowest BCUT2D eigenvalue weighted by Gasteiger charge is -2.21. The molecule has 1 heterocycles. The van der Waals surface area contributed by atoms with Gasteiger partial charge in [0.05, 0.1) is 10.7 Å². The van der Waals surface area contributed by atoms with Crippen molar-refractivity contribution in [2.24, 2.45) is 0 Å². The van der Waals surface area contributed by atoms with Crippen LogP contribution in [0.3, 0.4) is 0 Å². The molecule has 0 aliphatic heterocycles. The van der Waals surface area contributed by atoms with Crippen molar-refractivity contribution in [3.8, 4) is 0 Å². The van der Waals surface area contributed by atoms with Crippen LogP contribution in [0.15, 0.2) is 0 Å². The summed E-state index contributed by atoms with van der Waals surface area (Å²) in [4.78, 5) is 6.15. The number of aromatic nitrogens is 1. The highest BCUT2D eigenvalue weighted by atomic mass is 32.2. The topological polar surface area (TPSA) is 24.9 Å². The van der Waals surface area contributed by atoms with E-state index in [1.165, 1.54) is 27.8 Å². The monoisotopic (exact) mass is 300 g/mol. The summed E-state index contributed by atoms with van der Waals surface area (Å²) in [6, 6.07) is 0.982. The van der Waals surface area contributed by atoms with Crippen LogP contribution in [-0.4, -0.2) is 23.0 Å². The van der Waals surface area contributed by atoms with E-state index in [-0.39, 0.29) is 5.41 Å². The number of thioether (sulfide) groups is 1. The van der Waals surface area contributed by atoms with Crippen LogP contribution in [0.4, 0.5) is 0 Å². The Morgan fingerprint density at radius 3 is 2.42 bits per heavy atom. The standard InChI is InChI=1S/C15H28N2S2/c1-8-12(9-18-7)16-10(2)13-11(3)17-14(19-13)15(4,5)6/h10,12,16H,8-9H2,1-7H3. The predicted octanol–water partition coefficient (Wildman–Crippen LogP) is 4.54. The van der Waals surface area contributed by atoms with E-state index in [4.69, 9.17) is 4.98 Å². The van der Waals surface area contributed by atoms with Crippen LogP contribution in [0.2, 0.25) is 0 Å². The first-order valence-corrected chi connectivity index (χ1v) is 9.23. The molecule has 2 nitrogen and oxygen atoms in total. The highest BCUT2D eigenvalue weighted by Crippen LogP contribution is 2.32. The fraction of sp³-hybridized carbons (Fsp3) is 0.800. The lowest BCUT2D eigenvalue weighted by molar-refractivity contribution is 0.478. The quantitative estimate of drug-likeness (QED) is 0.835. The fourth-order valence-electron chi connectivity index (χ4n) is 2.04. The van der Waals surface area contributed by atoms with Gasteiger partial charge in [-0.25, -0.2) is 4.98 Å². The molecule has 0 saturated heterocycles. The van der Waals surface area contributed by atoms with Crippen LogP contribution < -0.4 is 5.32 Å². The van der Waals surface area contributed by atoms with Gasteiger partial charge in [-0.1, -0.05) is 27.7 Å². The zero-order valence-electron chi connectivity index (χ0n) is 13.3. The molecule has 110 valence electrons. The Morgan fingerprint density at radius 1 is 1.37 bits per heavy atom. The molecule has 1 aromatic heterocycles. The van der Waals surface area contributed by atoms with Crippen LogP contribution in [0.5, 0.6) is 0 Å². The van der Waals surface area contributed by atoms with Gasteiger partial charge in [0.2, 0.25) is 0 Å². The normalized spacial score (nSPS) is 15.5. The summed E-state index contributed by atoms with van der Waals surface area (Å²) in [6.45, 7) is 13.3. The maximum Gasteiger partial charge on any atom is 0.0985 e. The maximum absolute atomic E-state index is 4.76. The Balaban J connectivity index is 2.82. The fourth-order valence-corrected chi connectivity index (χ4v) is 3.91. The van der Waals surface area contributed by atoms with Crippen molar-refractivity contribution in [1.29, 1.82) is 0 Å². The van der Waals surface area contributed by atoms with E-state index in [9.17, 15) is 0 Å². The predicted molar refractivity (Wildman–Crippen MR) is 89.6 cm³/mol. The SMILES string of the molecule is CCC(CSC)NC(C)c1sc(C(C)(C)C)nc1C. The molecule has 1 N–H and O–H groups in total. The first-order chi connectivity index (χ1) is 8.79. The molecule has 19 heavy (non-hydrogen) atoms. The molecule has 0 aliphatic rings. The summed E-state index contributed by atoms with van der Waals surface area (Å²) in [5.74, 6) is 1.17. The third-order valence-electron chi connectivity index (χ3n) is 3.21. The van der Waals surface area contributed by atoms with E-state index in [1.807, 2.05) is 23.1 Å². The van der Waals surface area contributed by atoms with Crippen molar-refractivity contribution in [3.05, 3.63) is 15.6 Å². The van der Waals surface area contributed by atoms with Gasteiger partial charge < -0.3 is 5.32 Å². The minimum atomic E-state index is 0.150. The number of nitrogens with zero attached hydrogens (tertiary/aromatic N) is 1. The smallest absolute Gasteiger partial charge is 0.0985 e. The van der Waals surface area contributed by atoms with Crippen LogP contribution in [0.1, 0.15) is 62.7 Å². The summed E-state index contributed by atoms with van der Waals surface area (Å²) in [5.41, 5.74) is 1.34. The van der Waals surface area contributed by atoms with Crippen molar-refractivity contribution in [2.75, 3.05) is 12.0 Å². The molecule has 2 atom stereocenters. The van der Waals surface area contributed by atoms with Crippen molar-refractivity contribution < 1.29 is 0 Å². The van der Waals surface area contributed by atoms with Crippen LogP contribution in [-0.2, 0) is 5.41 Å². The Kier molecular flexibility index (Phi) is 6.34. The van der Waals surface area contributed by atoms with E-state index in [2.05, 4.69) is 53.1 Å². The zero-order chi connectivity index (χ0) is 14.6. The van der Waals surface area contributed by atoms with E-state index >= 15 is 0 Å². The molecule has 0 spiro atoms. The second-order valence-electron chi connectivity index (χ2n) is 6.17. The molecular weight excluding hydrogens is 272 g/mol. The highest BCUT2D eigenvalue weighted by molar-refractivity contribution is 7.98. The van der Waals surface area contributed by atoms with Gasteiger partial charge in [0.25, 0.3) is 0 Å². The molecule has 1 aromatic rings. The molecule has 0 aliphatic carbocycles. The Morgan fingerprint density at radius 2 is 2.00 bits per heavy atom. The third-order valence-corrected chi connectivity index (χ3v) is 5.72. The third kappa shape index (κ3) is 4.76. The van der Waals surface area contributed by atoms with E-state index in [1.54, 1.807) is 0 Å². The molecule has 2 unspecified atom stereocenters. The van der Waals surface area contributed by atoms with Gasteiger partial charge in [-0.15, -0.1) is 11.3 Å². The number of hydrogen-bond donors (Lipinski definition) is 1. The first kappa shape index (κ1) is 17.0. The van der Waals surface area contributed by atoms with Gasteiger partial charge >= 0.3 is 0 Å². The molecule has 0 bridgehead atoms. The molecule has 0 saturated carbocycles. The molecule has 4 heteroatoms. The summed E-state index contributed by atoms with van der Waals surface area (Å²) >= 11 is 3.78. The number of nitrogens with one attached hydrogen (secondary N) is 1. The Hall–Kier alpha value is -0.0600. The highest BCUT2D eigenvalue weighted by Gasteiger charge is 2.23. The van der Waals surface area contributed by atoms with Gasteiger partial charge in [-0.3, -0.25) is 0 Å². The van der Waals surface area contributed by atoms with Gasteiger partial charge in [0.15, 0.2) is 0 Å². The minimum absolute atomic E-state index is 0.150. The summed E-state index contributed by atoms with van der Waals surface area (Å²) < 4.78 is 0. The van der Waals surface area contributed by atoms with Crippen molar-refractivity contribution in [2.45, 2.75) is 65.5 Å². The summed E-state index contributed by atoms with van der Waals surface area (Å²) in [7, 11) is 0. The largest absolute Gasteiger partial charge is 0.306 e. The summed E-state index contributed by atoms with van der Waals surface area (Å²) in [6.07, 6.45) is 3.35. The second kappa shape index (κ2) is 7.09. The lowest BCUT2D eigenvalue weighted by Crippen LogP contribution is -2.32. The van der Waals surface area contributed by atoms with Crippen LogP contribution in [0.25, 0.3) is 0 Å². The maximum atomic E-state index is 4.76. The van der Waals surface area contributed by atoms with Gasteiger partial charge in [-0.05, 0) is 26.5 Å². The average Bonchev–Trinajstić information content (AvgIpc) is 2.70. The molecular formula is C15H28N2S2. The average molecular weight is 301 g/mol. The van der Waals surface area contributed by atoms with Crippen LogP contribution >= 0.6 is 23.1 Å². The lowest BCUT2D eigenvalue weighted by atomic mass is 9.98.